The number of rotatable bonds is 20. The van der Waals surface area contributed by atoms with Gasteiger partial charge in [-0.3, -0.25) is 24.1 Å². The van der Waals surface area contributed by atoms with E-state index < -0.39 is 91.6 Å². The number of morpholine rings is 3. The highest BCUT2D eigenvalue weighted by Gasteiger charge is 2.70. The van der Waals surface area contributed by atoms with Gasteiger partial charge in [-0.15, -0.1) is 12.4 Å². The van der Waals surface area contributed by atoms with Crippen LogP contribution in [0.5, 0.6) is 0 Å². The molecule has 7 N–H and O–H groups in total. The lowest BCUT2D eigenvalue weighted by atomic mass is 9.43. The number of nitriles is 1. The summed E-state index contributed by atoms with van der Waals surface area (Å²) in [6, 6.07) is 31.5. The van der Waals surface area contributed by atoms with Crippen molar-refractivity contribution in [3.63, 3.8) is 0 Å². The number of carboxylic acid groups (broad SMARTS) is 1. The van der Waals surface area contributed by atoms with Crippen molar-refractivity contribution in [3.8, 4) is 6.07 Å². The van der Waals surface area contributed by atoms with Gasteiger partial charge in [-0.05, 0) is 171 Å². The largest absolute Gasteiger partial charge is 0.482 e. The Bertz CT molecular complexity index is 3860. The number of hydrogen-bond donors (Lipinski definition) is 6. The SMILES string of the molecule is CC(C)(C)OC(=O)N1CCO[C@@H](CC(=O)N[C@@H](Cc2ccccc2)B2O[C@@H]3C[C@@H]4C[C@@H](C4(C)C)[C@]3(C)O2)C1.CC(C)(C)OC(=O)N1CCO[C@@H](CC(=O)O)C1.CC(C)(C=C(C#N)C(=O)N1CCO[C@@H](CC(=O)N[C@@H](Cc2ccccc2)B(O)O)C1)N1CCC(F)(F)C1.CC1(C)[C@@H]2C[C@H]3OB([C@@H](N)Cc4ccccc4)O[C@@]3(C)[C@H]1C2.Cl. The van der Waals surface area contributed by atoms with Crippen LogP contribution in [0.15, 0.2) is 103 Å². The quantitative estimate of drug-likeness (QED) is 0.0348. The molecule has 32 heteroatoms. The van der Waals surface area contributed by atoms with Crippen molar-refractivity contribution in [1.29, 1.82) is 5.26 Å². The summed E-state index contributed by atoms with van der Waals surface area (Å²) in [7, 11) is -2.56. The number of likely N-dealkylation sites (tertiary alicyclic amines) is 1. The van der Waals surface area contributed by atoms with E-state index >= 15 is 0 Å². The molecule has 115 heavy (non-hydrogen) atoms. The zero-order chi connectivity index (χ0) is 83.1. The average Bonchev–Trinajstić information content (AvgIpc) is 1.62. The Labute approximate surface area is 684 Å². The summed E-state index contributed by atoms with van der Waals surface area (Å²) < 4.78 is 80.8. The number of carboxylic acids is 1. The van der Waals surface area contributed by atoms with Crippen LogP contribution in [0.3, 0.4) is 0 Å². The molecule has 5 amide bonds. The Morgan fingerprint density at radius 1 is 0.617 bits per heavy atom. The molecule has 3 aromatic carbocycles. The highest BCUT2D eigenvalue weighted by Crippen LogP contribution is 2.67. The number of halogens is 3. The first kappa shape index (κ1) is 92.1. The Kier molecular flexibility index (Phi) is 30.5. The summed E-state index contributed by atoms with van der Waals surface area (Å²) in [5, 5.41) is 43.5. The van der Waals surface area contributed by atoms with Gasteiger partial charge in [0.2, 0.25) is 11.8 Å². The molecule has 632 valence electrons. The minimum atomic E-state index is -2.80. The van der Waals surface area contributed by atoms with Crippen LogP contribution in [0.4, 0.5) is 18.4 Å². The van der Waals surface area contributed by atoms with Crippen molar-refractivity contribution in [2.24, 2.45) is 40.2 Å². The zero-order valence-electron chi connectivity index (χ0n) is 69.4. The monoisotopic (exact) mass is 1620 g/mol. The molecule has 6 aliphatic carbocycles. The maximum absolute atomic E-state index is 13.7. The molecule has 3 aromatic rings. The summed E-state index contributed by atoms with van der Waals surface area (Å²) in [6.45, 7) is 30.5. The van der Waals surface area contributed by atoms with Gasteiger partial charge in [0.1, 0.15) is 22.8 Å². The van der Waals surface area contributed by atoms with Crippen LogP contribution in [-0.4, -0.2) is 246 Å². The first-order chi connectivity index (χ1) is 53.4. The molecule has 12 aliphatic rings. The van der Waals surface area contributed by atoms with Gasteiger partial charge in [0.15, 0.2) is 0 Å². The third kappa shape index (κ3) is 23.8. The molecule has 15 rings (SSSR count). The molecular formula is C83H122B3ClF2N8O18. The fourth-order valence-electron chi connectivity index (χ4n) is 18.1. The van der Waals surface area contributed by atoms with E-state index in [9.17, 15) is 52.9 Å². The summed E-state index contributed by atoms with van der Waals surface area (Å²) >= 11 is 0. The maximum atomic E-state index is 13.7. The summed E-state index contributed by atoms with van der Waals surface area (Å²) in [5.74, 6) is -3.78. The number of carbonyl (C=O) groups is 6. The fraction of sp³-hybridized carbons (Fsp3) is 0.675. The van der Waals surface area contributed by atoms with Crippen molar-refractivity contribution >= 4 is 69.6 Å². The summed E-state index contributed by atoms with van der Waals surface area (Å²) in [5.41, 5.74) is 7.51. The zero-order valence-corrected chi connectivity index (χ0v) is 70.2. The van der Waals surface area contributed by atoms with Gasteiger partial charge >= 0.3 is 39.5 Å². The van der Waals surface area contributed by atoms with E-state index in [2.05, 4.69) is 88.6 Å². The summed E-state index contributed by atoms with van der Waals surface area (Å²) in [4.78, 5) is 79.9. The lowest BCUT2D eigenvalue weighted by Crippen LogP contribution is -2.65. The molecule has 26 nitrogen and oxygen atoms in total. The molecule has 14 atom stereocenters. The Hall–Kier alpha value is -6.79. The smallest absolute Gasteiger partial charge is 0.481 e. The van der Waals surface area contributed by atoms with Crippen LogP contribution in [0.25, 0.3) is 0 Å². The molecule has 0 radical (unpaired) electrons. The Morgan fingerprint density at radius 3 is 1.46 bits per heavy atom. The second-order valence-corrected chi connectivity index (χ2v) is 36.6. The second-order valence-electron chi connectivity index (χ2n) is 36.6. The molecular weight excluding hydrogens is 1500 g/mol. The predicted octanol–water partition coefficient (Wildman–Crippen LogP) is 9.26. The van der Waals surface area contributed by atoms with Crippen LogP contribution < -0.4 is 16.4 Å². The number of aliphatic carboxylic acids is 1. The number of nitrogens with two attached hydrogens (primary N) is 1. The lowest BCUT2D eigenvalue weighted by Gasteiger charge is -2.64. The number of alkyl halides is 2. The second kappa shape index (κ2) is 38.1. The topological polar surface area (TPSA) is 333 Å². The van der Waals surface area contributed by atoms with Gasteiger partial charge in [0.05, 0.1) is 112 Å². The third-order valence-electron chi connectivity index (χ3n) is 24.6. The van der Waals surface area contributed by atoms with Gasteiger partial charge in [-0.2, -0.15) is 5.26 Å². The van der Waals surface area contributed by atoms with Crippen molar-refractivity contribution in [1.82, 2.24) is 30.2 Å². The molecule has 0 spiro atoms. The molecule has 12 fully saturated rings. The molecule has 0 unspecified atom stereocenters. The molecule has 4 bridgehead atoms. The summed E-state index contributed by atoms with van der Waals surface area (Å²) in [6.07, 6.45) is 5.24. The van der Waals surface area contributed by atoms with E-state index in [1.807, 2.05) is 81.4 Å². The van der Waals surface area contributed by atoms with E-state index in [0.29, 0.717) is 62.4 Å². The number of amides is 5. The first-order valence-corrected chi connectivity index (χ1v) is 40.5. The first-order valence-electron chi connectivity index (χ1n) is 40.5. The minimum absolute atomic E-state index is 0. The number of benzene rings is 3. The van der Waals surface area contributed by atoms with E-state index in [4.69, 9.17) is 53.1 Å². The van der Waals surface area contributed by atoms with E-state index in [-0.39, 0.29) is 143 Å². The van der Waals surface area contributed by atoms with Gasteiger partial charge in [0.25, 0.3) is 11.8 Å². The van der Waals surface area contributed by atoms with Crippen molar-refractivity contribution < 1.29 is 95.0 Å². The van der Waals surface area contributed by atoms with Crippen LogP contribution in [0, 0.1) is 45.8 Å². The predicted molar refractivity (Wildman–Crippen MR) is 432 cm³/mol. The fourth-order valence-corrected chi connectivity index (χ4v) is 18.1. The van der Waals surface area contributed by atoms with Gasteiger partial charge < -0.3 is 88.5 Å². The third-order valence-corrected chi connectivity index (χ3v) is 24.6. The standard InChI is InChI=1S/C29H43BN2O6.C25H33BF2N4O5.C18H26BNO2.C11H19NO5.ClH/c1-27(2,3)36-26(34)32-12-13-35-21(18-32)17-25(33)31-24(14-19-10-8-7-9-11-19)30-37-23-16-20-15-22(28(20,4)5)29(23,6)38-30;1-24(2,32-9-8-25(27,28)17-32)14-19(15-29)23(34)31-10-11-37-20(16-31)13-22(33)30-21(26(35)36)12-18-6-4-3-5-7-18;1-17(2)13-10-14(17)18(3)15(11-13)21-19(22-18)16(20)9-12-7-5-4-6-8-12;1-11(2,3)17-10(15)12-4-5-16-8(7-12)6-9(13)14;/h7-11,20-24H,12-18H2,1-6H3,(H,31,33);3-7,14,20-21,35-36H,8-13,16-17H2,1-2H3,(H,30,33);4-8,13-16H,9-11,20H2,1-3H3;8H,4-7H2,1-3H3,(H,13,14);1H/t20-,21-,22-,23+,24-,29-;20-,21-;13-,14-,15+,16-,18-;8-;/m0000./s1. The molecule has 6 saturated carbocycles. The van der Waals surface area contributed by atoms with Crippen molar-refractivity contribution in [3.05, 3.63) is 119 Å². The van der Waals surface area contributed by atoms with Crippen molar-refractivity contribution in [2.45, 2.75) is 250 Å². The highest BCUT2D eigenvalue weighted by molar-refractivity contribution is 6.48. The molecule has 6 saturated heterocycles. The maximum Gasteiger partial charge on any atom is 0.482 e. The minimum Gasteiger partial charge on any atom is -0.481 e. The van der Waals surface area contributed by atoms with Crippen LogP contribution in [-0.2, 0) is 80.7 Å². The highest BCUT2D eigenvalue weighted by atomic mass is 35.5. The van der Waals surface area contributed by atoms with Crippen LogP contribution in [0.2, 0.25) is 0 Å². The number of hydrogen-bond acceptors (Lipinski definition) is 20. The van der Waals surface area contributed by atoms with Gasteiger partial charge in [0, 0.05) is 50.6 Å². The molecule has 6 heterocycles. The number of ether oxygens (including phenoxy) is 5. The van der Waals surface area contributed by atoms with E-state index in [0.717, 1.165) is 36.3 Å². The average molecular weight is 1630 g/mol. The molecule has 0 aromatic heterocycles. The van der Waals surface area contributed by atoms with Crippen LogP contribution in [0.1, 0.15) is 165 Å². The lowest BCUT2D eigenvalue weighted by molar-refractivity contribution is -0.199. The Morgan fingerprint density at radius 2 is 1.03 bits per heavy atom. The number of nitrogens with one attached hydrogen (secondary N) is 2. The van der Waals surface area contributed by atoms with E-state index in [1.165, 1.54) is 34.3 Å². The normalized spacial score (nSPS) is 28.4. The van der Waals surface area contributed by atoms with E-state index in [1.54, 1.807) is 44.4 Å². The van der Waals surface area contributed by atoms with Gasteiger partial charge in [-0.1, -0.05) is 119 Å². The van der Waals surface area contributed by atoms with Crippen molar-refractivity contribution in [2.75, 3.05) is 72.2 Å². The number of carbonyl (C=O) groups excluding carboxylic acids is 5. The van der Waals surface area contributed by atoms with Crippen LogP contribution >= 0.6 is 12.4 Å². The molecule has 6 aliphatic heterocycles. The number of nitrogens with zero attached hydrogens (tertiary/aromatic N) is 5. The Balaban J connectivity index is 0.000000183. The van der Waals surface area contributed by atoms with Gasteiger partial charge in [-0.25, -0.2) is 18.4 Å².